The van der Waals surface area contributed by atoms with Crippen LogP contribution in [0.5, 0.6) is 0 Å². The summed E-state index contributed by atoms with van der Waals surface area (Å²) in [7, 11) is 0. The van der Waals surface area contributed by atoms with E-state index in [4.69, 9.17) is 5.90 Å². The molecule has 4 heteroatoms. The van der Waals surface area contributed by atoms with Crippen molar-refractivity contribution >= 4 is 0 Å². The highest BCUT2D eigenvalue weighted by Crippen LogP contribution is 2.10. The van der Waals surface area contributed by atoms with E-state index in [2.05, 4.69) is 9.94 Å². The first-order valence-corrected chi connectivity index (χ1v) is 4.72. The van der Waals surface area contributed by atoms with E-state index in [1.807, 2.05) is 48.3 Å². The standard InChI is InChI=1S/C11H13N3O/c1-9-6-13-14(7-9)11-4-2-10(3-5-11)8-15-12/h2-7H,8,12H2,1H3. The highest BCUT2D eigenvalue weighted by Gasteiger charge is 1.98. The SMILES string of the molecule is Cc1cnn(-c2ccc(CON)cc2)c1. The van der Waals surface area contributed by atoms with Crippen molar-refractivity contribution in [2.45, 2.75) is 13.5 Å². The van der Waals surface area contributed by atoms with Crippen LogP contribution in [0.25, 0.3) is 5.69 Å². The molecule has 1 aromatic carbocycles. The molecule has 4 nitrogen and oxygen atoms in total. The third-order valence-electron chi connectivity index (χ3n) is 2.16. The minimum atomic E-state index is 0.429. The molecule has 0 bridgehead atoms. The fourth-order valence-electron chi connectivity index (χ4n) is 1.40. The van der Waals surface area contributed by atoms with Crippen LogP contribution in [0, 0.1) is 6.92 Å². The first kappa shape index (κ1) is 9.89. The molecule has 0 saturated heterocycles. The van der Waals surface area contributed by atoms with E-state index < -0.39 is 0 Å². The van der Waals surface area contributed by atoms with Gasteiger partial charge in [-0.2, -0.15) is 5.10 Å². The zero-order valence-electron chi connectivity index (χ0n) is 8.55. The monoisotopic (exact) mass is 203 g/mol. The van der Waals surface area contributed by atoms with E-state index in [9.17, 15) is 0 Å². The summed E-state index contributed by atoms with van der Waals surface area (Å²) < 4.78 is 1.84. The van der Waals surface area contributed by atoms with Crippen LogP contribution >= 0.6 is 0 Å². The maximum Gasteiger partial charge on any atom is 0.0930 e. The Balaban J connectivity index is 2.23. The third kappa shape index (κ3) is 2.23. The van der Waals surface area contributed by atoms with Crippen molar-refractivity contribution in [3.05, 3.63) is 47.8 Å². The van der Waals surface area contributed by atoms with E-state index in [1.54, 1.807) is 0 Å². The Kier molecular flexibility index (Phi) is 2.80. The van der Waals surface area contributed by atoms with Crippen LogP contribution in [0.3, 0.4) is 0 Å². The number of aromatic nitrogens is 2. The molecule has 1 aromatic heterocycles. The van der Waals surface area contributed by atoms with E-state index in [0.717, 1.165) is 16.8 Å². The number of rotatable bonds is 3. The molecule has 0 aliphatic carbocycles. The zero-order chi connectivity index (χ0) is 10.7. The molecule has 1 heterocycles. The van der Waals surface area contributed by atoms with Crippen LogP contribution in [0.2, 0.25) is 0 Å². The molecule has 2 rings (SSSR count). The smallest absolute Gasteiger partial charge is 0.0930 e. The van der Waals surface area contributed by atoms with Gasteiger partial charge in [0.05, 0.1) is 18.5 Å². The lowest BCUT2D eigenvalue weighted by atomic mass is 10.2. The van der Waals surface area contributed by atoms with Crippen molar-refractivity contribution in [2.75, 3.05) is 0 Å². The topological polar surface area (TPSA) is 53.1 Å². The molecule has 0 radical (unpaired) electrons. The van der Waals surface area contributed by atoms with Gasteiger partial charge in [-0.1, -0.05) is 12.1 Å². The molecule has 0 spiro atoms. The number of nitrogens with zero attached hydrogens (tertiary/aromatic N) is 2. The Morgan fingerprint density at radius 2 is 2.07 bits per heavy atom. The van der Waals surface area contributed by atoms with Crippen molar-refractivity contribution in [2.24, 2.45) is 5.90 Å². The summed E-state index contributed by atoms with van der Waals surface area (Å²) in [5.41, 5.74) is 3.22. The van der Waals surface area contributed by atoms with Crippen molar-refractivity contribution in [1.82, 2.24) is 9.78 Å². The van der Waals surface area contributed by atoms with Crippen molar-refractivity contribution in [1.29, 1.82) is 0 Å². The molecule has 0 aliphatic rings. The molecule has 0 fully saturated rings. The van der Waals surface area contributed by atoms with Gasteiger partial charge in [-0.15, -0.1) is 0 Å². The Hall–Kier alpha value is -1.65. The van der Waals surface area contributed by atoms with E-state index in [1.165, 1.54) is 0 Å². The third-order valence-corrected chi connectivity index (χ3v) is 2.16. The van der Waals surface area contributed by atoms with E-state index in [-0.39, 0.29) is 0 Å². The van der Waals surface area contributed by atoms with Crippen LogP contribution in [0.15, 0.2) is 36.7 Å². The van der Waals surface area contributed by atoms with Crippen molar-refractivity contribution in [3.63, 3.8) is 0 Å². The molecule has 15 heavy (non-hydrogen) atoms. The molecule has 0 unspecified atom stereocenters. The second kappa shape index (κ2) is 4.25. The Labute approximate surface area is 88.2 Å². The van der Waals surface area contributed by atoms with Crippen LogP contribution in [-0.2, 0) is 11.4 Å². The lowest BCUT2D eigenvalue weighted by Crippen LogP contribution is -1.99. The minimum Gasteiger partial charge on any atom is -0.300 e. The molecule has 78 valence electrons. The average molecular weight is 203 g/mol. The molecule has 2 N–H and O–H groups in total. The van der Waals surface area contributed by atoms with Gasteiger partial charge in [0.15, 0.2) is 0 Å². The summed E-state index contributed by atoms with van der Waals surface area (Å²) in [4.78, 5) is 4.56. The number of hydrogen-bond donors (Lipinski definition) is 1. The number of nitrogens with two attached hydrogens (primary N) is 1. The van der Waals surface area contributed by atoms with E-state index in [0.29, 0.717) is 6.61 Å². The van der Waals surface area contributed by atoms with Gasteiger partial charge in [0, 0.05) is 6.20 Å². The summed E-state index contributed by atoms with van der Waals surface area (Å²) in [5.74, 6) is 5.00. The predicted molar refractivity (Wildman–Crippen MR) is 57.3 cm³/mol. The molecule has 0 atom stereocenters. The van der Waals surface area contributed by atoms with Crippen LogP contribution in [-0.4, -0.2) is 9.78 Å². The van der Waals surface area contributed by atoms with Gasteiger partial charge in [-0.25, -0.2) is 10.6 Å². The van der Waals surface area contributed by atoms with Gasteiger partial charge in [0.25, 0.3) is 0 Å². The van der Waals surface area contributed by atoms with Gasteiger partial charge in [0.2, 0.25) is 0 Å². The fourth-order valence-corrected chi connectivity index (χ4v) is 1.40. The summed E-state index contributed by atoms with van der Waals surface area (Å²) in [5, 5.41) is 4.22. The largest absolute Gasteiger partial charge is 0.300 e. The highest BCUT2D eigenvalue weighted by molar-refractivity contribution is 5.34. The molecule has 0 amide bonds. The summed E-state index contributed by atoms with van der Waals surface area (Å²) in [6, 6.07) is 7.92. The average Bonchev–Trinajstić information content (AvgIpc) is 2.67. The molecular formula is C11H13N3O. The quantitative estimate of drug-likeness (QED) is 0.770. The fraction of sp³-hybridized carbons (Fsp3) is 0.182. The van der Waals surface area contributed by atoms with Gasteiger partial charge in [-0.05, 0) is 30.2 Å². The molecule has 2 aromatic rings. The van der Waals surface area contributed by atoms with Gasteiger partial charge in [0.1, 0.15) is 0 Å². The highest BCUT2D eigenvalue weighted by atomic mass is 16.6. The Morgan fingerprint density at radius 3 is 2.60 bits per heavy atom. The van der Waals surface area contributed by atoms with Gasteiger partial charge >= 0.3 is 0 Å². The summed E-state index contributed by atoms with van der Waals surface area (Å²) in [6.45, 7) is 2.44. The number of aryl methyl sites for hydroxylation is 1. The Bertz CT molecular complexity index is 433. The second-order valence-electron chi connectivity index (χ2n) is 3.44. The normalized spacial score (nSPS) is 10.5. The molecule has 0 aliphatic heterocycles. The summed E-state index contributed by atoms with van der Waals surface area (Å²) in [6.07, 6.45) is 3.81. The van der Waals surface area contributed by atoms with Crippen LogP contribution in [0.1, 0.15) is 11.1 Å². The van der Waals surface area contributed by atoms with Crippen molar-refractivity contribution in [3.8, 4) is 5.69 Å². The lowest BCUT2D eigenvalue weighted by Gasteiger charge is -2.02. The predicted octanol–water partition coefficient (Wildman–Crippen LogP) is 1.57. The van der Waals surface area contributed by atoms with Crippen molar-refractivity contribution < 1.29 is 4.84 Å². The van der Waals surface area contributed by atoms with Crippen LogP contribution in [0.4, 0.5) is 0 Å². The zero-order valence-corrected chi connectivity index (χ0v) is 8.55. The number of benzene rings is 1. The van der Waals surface area contributed by atoms with Crippen LogP contribution < -0.4 is 5.90 Å². The van der Waals surface area contributed by atoms with Gasteiger partial charge in [-0.3, -0.25) is 4.84 Å². The first-order valence-electron chi connectivity index (χ1n) is 4.72. The van der Waals surface area contributed by atoms with E-state index >= 15 is 0 Å². The second-order valence-corrected chi connectivity index (χ2v) is 3.44. The van der Waals surface area contributed by atoms with Gasteiger partial charge < -0.3 is 0 Å². The molecular weight excluding hydrogens is 190 g/mol. The Morgan fingerprint density at radius 1 is 1.33 bits per heavy atom. The minimum absolute atomic E-state index is 0.429. The lowest BCUT2D eigenvalue weighted by molar-refractivity contribution is 0.124. The molecule has 0 saturated carbocycles. The maximum absolute atomic E-state index is 5.00. The summed E-state index contributed by atoms with van der Waals surface area (Å²) >= 11 is 0. The maximum atomic E-state index is 5.00. The first-order chi connectivity index (χ1) is 7.29. The number of hydrogen-bond acceptors (Lipinski definition) is 3.